The summed E-state index contributed by atoms with van der Waals surface area (Å²) in [5.41, 5.74) is 6.71. The molecule has 0 aliphatic carbocycles. The topological polar surface area (TPSA) is 57.4 Å². The summed E-state index contributed by atoms with van der Waals surface area (Å²) in [5.74, 6) is 0.287. The fourth-order valence-corrected chi connectivity index (χ4v) is 1.44. The second kappa shape index (κ2) is 5.35. The SMILES string of the molecule is COc1ccc(COc2cc(N)cc(F)n2)cc1. The molecular formula is C13H13FN2O2. The minimum atomic E-state index is -0.653. The Balaban J connectivity index is 2.01. The Morgan fingerprint density at radius 1 is 1.22 bits per heavy atom. The van der Waals surface area contributed by atoms with Crippen LogP contribution in [0.25, 0.3) is 0 Å². The summed E-state index contributed by atoms with van der Waals surface area (Å²) in [6.45, 7) is 0.292. The van der Waals surface area contributed by atoms with Gasteiger partial charge in [0.15, 0.2) is 0 Å². The molecule has 2 rings (SSSR count). The highest BCUT2D eigenvalue weighted by molar-refractivity contribution is 5.40. The van der Waals surface area contributed by atoms with Crippen LogP contribution >= 0.6 is 0 Å². The minimum absolute atomic E-state index is 0.170. The van der Waals surface area contributed by atoms with Crippen LogP contribution in [0.15, 0.2) is 36.4 Å². The predicted octanol–water partition coefficient (Wildman–Crippen LogP) is 2.39. The van der Waals surface area contributed by atoms with E-state index in [1.165, 1.54) is 6.07 Å². The molecule has 4 nitrogen and oxygen atoms in total. The van der Waals surface area contributed by atoms with E-state index >= 15 is 0 Å². The van der Waals surface area contributed by atoms with Crippen LogP contribution in [-0.4, -0.2) is 12.1 Å². The summed E-state index contributed by atoms with van der Waals surface area (Å²) in [5, 5.41) is 0. The number of nitrogens with two attached hydrogens (primary N) is 1. The third kappa shape index (κ3) is 3.10. The molecule has 2 aromatic rings. The van der Waals surface area contributed by atoms with Gasteiger partial charge in [0.1, 0.15) is 12.4 Å². The first-order valence-electron chi connectivity index (χ1n) is 5.36. The van der Waals surface area contributed by atoms with E-state index in [9.17, 15) is 4.39 Å². The van der Waals surface area contributed by atoms with Crippen LogP contribution in [0.2, 0.25) is 0 Å². The van der Waals surface area contributed by atoms with Crippen molar-refractivity contribution >= 4 is 5.69 Å². The maximum absolute atomic E-state index is 13.0. The smallest absolute Gasteiger partial charge is 0.218 e. The van der Waals surface area contributed by atoms with Gasteiger partial charge in [0.05, 0.1) is 7.11 Å². The Bertz CT molecular complexity index is 509. The minimum Gasteiger partial charge on any atom is -0.497 e. The van der Waals surface area contributed by atoms with Gasteiger partial charge >= 0.3 is 0 Å². The van der Waals surface area contributed by atoms with E-state index in [1.54, 1.807) is 7.11 Å². The second-order valence-corrected chi connectivity index (χ2v) is 3.70. The van der Waals surface area contributed by atoms with Gasteiger partial charge in [0.25, 0.3) is 0 Å². The molecule has 0 unspecified atom stereocenters. The summed E-state index contributed by atoms with van der Waals surface area (Å²) in [7, 11) is 1.60. The zero-order valence-corrected chi connectivity index (χ0v) is 9.89. The predicted molar refractivity (Wildman–Crippen MR) is 65.9 cm³/mol. The molecule has 1 aromatic carbocycles. The molecule has 0 aliphatic rings. The molecule has 0 fully saturated rings. The highest BCUT2D eigenvalue weighted by atomic mass is 19.1. The number of nitrogens with zero attached hydrogens (tertiary/aromatic N) is 1. The average molecular weight is 248 g/mol. The molecule has 0 radical (unpaired) electrons. The first kappa shape index (κ1) is 12.2. The second-order valence-electron chi connectivity index (χ2n) is 3.70. The maximum atomic E-state index is 13.0. The standard InChI is InChI=1S/C13H13FN2O2/c1-17-11-4-2-9(3-5-11)8-18-13-7-10(15)6-12(14)16-13/h2-7H,8H2,1H3,(H2,15,16). The van der Waals surface area contributed by atoms with E-state index in [0.717, 1.165) is 17.4 Å². The van der Waals surface area contributed by atoms with Crippen molar-refractivity contribution in [3.8, 4) is 11.6 Å². The Labute approximate surface area is 104 Å². The summed E-state index contributed by atoms with van der Waals surface area (Å²) in [4.78, 5) is 3.59. The Hall–Kier alpha value is -2.30. The van der Waals surface area contributed by atoms with Gasteiger partial charge in [-0.1, -0.05) is 12.1 Å². The number of hydrogen-bond donors (Lipinski definition) is 1. The molecule has 0 bridgehead atoms. The van der Waals surface area contributed by atoms with Crippen molar-refractivity contribution in [2.45, 2.75) is 6.61 Å². The number of rotatable bonds is 4. The Kier molecular flexibility index (Phi) is 3.62. The van der Waals surface area contributed by atoms with E-state index in [0.29, 0.717) is 6.61 Å². The van der Waals surface area contributed by atoms with Gasteiger partial charge < -0.3 is 15.2 Å². The maximum Gasteiger partial charge on any atom is 0.218 e. The number of hydrogen-bond acceptors (Lipinski definition) is 4. The van der Waals surface area contributed by atoms with E-state index in [1.807, 2.05) is 24.3 Å². The van der Waals surface area contributed by atoms with Crippen LogP contribution in [0.5, 0.6) is 11.6 Å². The highest BCUT2D eigenvalue weighted by Crippen LogP contribution is 2.16. The number of halogens is 1. The summed E-state index contributed by atoms with van der Waals surface area (Å²) >= 11 is 0. The van der Waals surface area contributed by atoms with Crippen molar-refractivity contribution in [1.29, 1.82) is 0 Å². The first-order chi connectivity index (χ1) is 8.67. The lowest BCUT2D eigenvalue weighted by atomic mass is 10.2. The Morgan fingerprint density at radius 2 is 1.94 bits per heavy atom. The van der Waals surface area contributed by atoms with Gasteiger partial charge in [0.2, 0.25) is 11.8 Å². The lowest BCUT2D eigenvalue weighted by Gasteiger charge is -2.07. The van der Waals surface area contributed by atoms with Crippen molar-refractivity contribution in [3.05, 3.63) is 47.9 Å². The van der Waals surface area contributed by atoms with Crippen LogP contribution in [0.1, 0.15) is 5.56 Å². The van der Waals surface area contributed by atoms with Crippen molar-refractivity contribution in [2.24, 2.45) is 0 Å². The van der Waals surface area contributed by atoms with Gasteiger partial charge in [-0.05, 0) is 17.7 Å². The number of pyridine rings is 1. The molecule has 2 N–H and O–H groups in total. The quantitative estimate of drug-likeness (QED) is 0.844. The highest BCUT2D eigenvalue weighted by Gasteiger charge is 2.02. The van der Waals surface area contributed by atoms with E-state index in [4.69, 9.17) is 15.2 Å². The summed E-state index contributed by atoms with van der Waals surface area (Å²) in [6, 6.07) is 9.99. The lowest BCUT2D eigenvalue weighted by molar-refractivity contribution is 0.289. The van der Waals surface area contributed by atoms with Crippen LogP contribution < -0.4 is 15.2 Å². The fourth-order valence-electron chi connectivity index (χ4n) is 1.44. The molecular weight excluding hydrogens is 235 g/mol. The van der Waals surface area contributed by atoms with Crippen LogP contribution in [-0.2, 0) is 6.61 Å². The monoisotopic (exact) mass is 248 g/mol. The number of anilines is 1. The molecule has 1 aromatic heterocycles. The van der Waals surface area contributed by atoms with Gasteiger partial charge in [-0.2, -0.15) is 9.37 Å². The van der Waals surface area contributed by atoms with Gasteiger partial charge in [-0.15, -0.1) is 0 Å². The summed E-state index contributed by atoms with van der Waals surface area (Å²) in [6.07, 6.45) is 0. The van der Waals surface area contributed by atoms with Crippen LogP contribution in [0, 0.1) is 5.95 Å². The zero-order valence-electron chi connectivity index (χ0n) is 9.89. The van der Waals surface area contributed by atoms with E-state index < -0.39 is 5.95 Å². The molecule has 0 atom stereocenters. The molecule has 5 heteroatoms. The van der Waals surface area contributed by atoms with Crippen molar-refractivity contribution in [1.82, 2.24) is 4.98 Å². The number of ether oxygens (including phenoxy) is 2. The van der Waals surface area contributed by atoms with Crippen LogP contribution in [0.4, 0.5) is 10.1 Å². The lowest BCUT2D eigenvalue weighted by Crippen LogP contribution is -2.00. The van der Waals surface area contributed by atoms with Crippen molar-refractivity contribution in [3.63, 3.8) is 0 Å². The number of methoxy groups -OCH3 is 1. The molecule has 1 heterocycles. The number of aromatic nitrogens is 1. The number of nitrogen functional groups attached to an aromatic ring is 1. The van der Waals surface area contributed by atoms with Gasteiger partial charge in [0, 0.05) is 17.8 Å². The molecule has 0 amide bonds. The van der Waals surface area contributed by atoms with E-state index in [2.05, 4.69) is 4.98 Å². The van der Waals surface area contributed by atoms with Gasteiger partial charge in [-0.3, -0.25) is 0 Å². The molecule has 0 aliphatic heterocycles. The average Bonchev–Trinajstić information content (AvgIpc) is 2.36. The molecule has 0 saturated carbocycles. The van der Waals surface area contributed by atoms with Crippen LogP contribution in [0.3, 0.4) is 0 Å². The molecule has 0 saturated heterocycles. The van der Waals surface area contributed by atoms with Gasteiger partial charge in [-0.25, -0.2) is 0 Å². The summed E-state index contributed by atoms with van der Waals surface area (Å²) < 4.78 is 23.4. The van der Waals surface area contributed by atoms with E-state index in [-0.39, 0.29) is 11.6 Å². The fraction of sp³-hybridized carbons (Fsp3) is 0.154. The first-order valence-corrected chi connectivity index (χ1v) is 5.36. The normalized spacial score (nSPS) is 10.1. The molecule has 94 valence electrons. The molecule has 18 heavy (non-hydrogen) atoms. The zero-order chi connectivity index (χ0) is 13.0. The number of benzene rings is 1. The van der Waals surface area contributed by atoms with Crippen molar-refractivity contribution < 1.29 is 13.9 Å². The Morgan fingerprint density at radius 3 is 2.56 bits per heavy atom. The van der Waals surface area contributed by atoms with Crippen molar-refractivity contribution in [2.75, 3.05) is 12.8 Å². The largest absolute Gasteiger partial charge is 0.497 e. The third-order valence-corrected chi connectivity index (χ3v) is 2.34. The third-order valence-electron chi connectivity index (χ3n) is 2.34. The molecule has 0 spiro atoms.